The van der Waals surface area contributed by atoms with Gasteiger partial charge in [-0.25, -0.2) is 0 Å². The molecule has 0 aliphatic heterocycles. The van der Waals surface area contributed by atoms with E-state index in [4.69, 9.17) is 11.6 Å². The van der Waals surface area contributed by atoms with Crippen molar-refractivity contribution in [1.29, 1.82) is 0 Å². The van der Waals surface area contributed by atoms with E-state index in [-0.39, 0.29) is 5.78 Å². The second kappa shape index (κ2) is 4.73. The van der Waals surface area contributed by atoms with Gasteiger partial charge in [0.1, 0.15) is 0 Å². The van der Waals surface area contributed by atoms with Crippen LogP contribution in [0.3, 0.4) is 0 Å². The number of benzene rings is 1. The van der Waals surface area contributed by atoms with E-state index < -0.39 is 11.1 Å². The zero-order valence-electron chi connectivity index (χ0n) is 9.90. The molecule has 0 radical (unpaired) electrons. The Morgan fingerprint density at radius 2 is 1.75 bits per heavy atom. The van der Waals surface area contributed by atoms with Crippen molar-refractivity contribution >= 4 is 39.8 Å². The summed E-state index contributed by atoms with van der Waals surface area (Å²) in [5.74, 6) is -0.223. The quantitative estimate of drug-likeness (QED) is 0.562. The maximum absolute atomic E-state index is 12.3. The van der Waals surface area contributed by atoms with E-state index in [0.717, 1.165) is 0 Å². The monoisotopic (exact) mass is 306 g/mol. The number of carbonyl (C=O) groups excluding carboxylic acids is 1. The van der Waals surface area contributed by atoms with Crippen molar-refractivity contribution in [2.75, 3.05) is 0 Å². The van der Waals surface area contributed by atoms with Crippen LogP contribution in [0.15, 0.2) is 39.2 Å². The number of hydrogen-bond acceptors (Lipinski definition) is 4. The minimum atomic E-state index is -0.753. The largest absolute Gasteiger partial charge is 0.316 e. The highest BCUT2D eigenvalue weighted by atomic mass is 35.5. The van der Waals surface area contributed by atoms with Gasteiger partial charge >= 0.3 is 11.1 Å². The molecule has 0 bridgehead atoms. The number of fused-ring (bicyclic) bond motifs is 1. The Balaban J connectivity index is 2.16. The summed E-state index contributed by atoms with van der Waals surface area (Å²) in [5.41, 5.74) is -0.227. The lowest BCUT2D eigenvalue weighted by molar-refractivity contribution is 0.104. The molecule has 0 aliphatic rings. The number of H-pyrrole nitrogens is 2. The Hall–Kier alpha value is -2.18. The highest BCUT2D eigenvalue weighted by Gasteiger charge is 2.15. The molecule has 0 saturated carbocycles. The van der Waals surface area contributed by atoms with Crippen LogP contribution in [0.2, 0.25) is 5.02 Å². The van der Waals surface area contributed by atoms with E-state index in [9.17, 15) is 14.4 Å². The van der Waals surface area contributed by atoms with Crippen LogP contribution < -0.4 is 11.1 Å². The standard InChI is InChI=1S/C13H7ClN2O3S/c14-7-3-4-20-11(7)10(17)6-1-2-8-9(5-6)16-13(19)12(18)15-8/h1-5H,(H,15,18)(H,16,19). The van der Waals surface area contributed by atoms with Gasteiger partial charge in [0, 0.05) is 5.56 Å². The molecule has 5 nitrogen and oxygen atoms in total. The summed E-state index contributed by atoms with van der Waals surface area (Å²) < 4.78 is 0. The van der Waals surface area contributed by atoms with Gasteiger partial charge in [-0.3, -0.25) is 14.4 Å². The lowest BCUT2D eigenvalue weighted by Crippen LogP contribution is -2.28. The Morgan fingerprint density at radius 3 is 2.40 bits per heavy atom. The Kier molecular flexibility index (Phi) is 3.04. The Labute approximate surface area is 120 Å². The summed E-state index contributed by atoms with van der Waals surface area (Å²) in [6.45, 7) is 0. The number of ketones is 1. The number of carbonyl (C=O) groups is 1. The number of hydrogen-bond donors (Lipinski definition) is 2. The van der Waals surface area contributed by atoms with Gasteiger partial charge in [0.15, 0.2) is 0 Å². The maximum atomic E-state index is 12.3. The van der Waals surface area contributed by atoms with Gasteiger partial charge in [0.2, 0.25) is 5.78 Å². The molecule has 1 aromatic carbocycles. The summed E-state index contributed by atoms with van der Waals surface area (Å²) >= 11 is 7.19. The SMILES string of the molecule is O=C(c1ccc2[nH]c(=O)c(=O)[nH]c2c1)c1sccc1Cl. The van der Waals surface area contributed by atoms with Crippen LogP contribution >= 0.6 is 22.9 Å². The predicted octanol–water partition coefficient (Wildman–Crippen LogP) is 2.16. The van der Waals surface area contributed by atoms with Gasteiger partial charge in [0.25, 0.3) is 0 Å². The molecule has 0 atom stereocenters. The van der Waals surface area contributed by atoms with Gasteiger partial charge in [0.05, 0.1) is 20.9 Å². The summed E-state index contributed by atoms with van der Waals surface area (Å²) in [6, 6.07) is 6.32. The molecule has 7 heteroatoms. The molecule has 2 heterocycles. The first-order valence-corrected chi connectivity index (χ1v) is 6.86. The fourth-order valence-electron chi connectivity index (χ4n) is 1.84. The number of aromatic amines is 2. The van der Waals surface area contributed by atoms with Gasteiger partial charge in [-0.15, -0.1) is 11.3 Å². The average Bonchev–Trinajstić information content (AvgIpc) is 2.85. The lowest BCUT2D eigenvalue weighted by Gasteiger charge is -2.02. The molecule has 0 fully saturated rings. The minimum absolute atomic E-state index is 0.223. The summed E-state index contributed by atoms with van der Waals surface area (Å²) in [7, 11) is 0. The highest BCUT2D eigenvalue weighted by molar-refractivity contribution is 7.13. The summed E-state index contributed by atoms with van der Waals surface area (Å²) in [6.07, 6.45) is 0. The molecule has 100 valence electrons. The van der Waals surface area contributed by atoms with Crippen molar-refractivity contribution in [3.63, 3.8) is 0 Å². The van der Waals surface area contributed by atoms with Crippen LogP contribution in [-0.2, 0) is 0 Å². The number of rotatable bonds is 2. The number of thiophene rings is 1. The average molecular weight is 307 g/mol. The first-order chi connectivity index (χ1) is 9.56. The number of halogens is 1. The molecular weight excluding hydrogens is 300 g/mol. The van der Waals surface area contributed by atoms with Gasteiger partial charge in [-0.05, 0) is 29.6 Å². The molecular formula is C13H7ClN2O3S. The molecule has 0 unspecified atom stereocenters. The molecule has 3 aromatic rings. The van der Waals surface area contributed by atoms with Crippen LogP contribution in [-0.4, -0.2) is 15.8 Å². The second-order valence-electron chi connectivity index (χ2n) is 4.10. The third kappa shape index (κ3) is 2.09. The summed E-state index contributed by atoms with van der Waals surface area (Å²) in [5, 5.41) is 2.13. The molecule has 3 rings (SSSR count). The molecule has 2 aromatic heterocycles. The molecule has 20 heavy (non-hydrogen) atoms. The molecule has 0 aliphatic carbocycles. The normalized spacial score (nSPS) is 10.8. The highest BCUT2D eigenvalue weighted by Crippen LogP contribution is 2.25. The molecule has 0 amide bonds. The Bertz CT molecular complexity index is 938. The number of aromatic nitrogens is 2. The van der Waals surface area contributed by atoms with E-state index in [1.807, 2.05) is 0 Å². The smallest absolute Gasteiger partial charge is 0.314 e. The lowest BCUT2D eigenvalue weighted by atomic mass is 10.1. The summed E-state index contributed by atoms with van der Waals surface area (Å²) in [4.78, 5) is 40.1. The minimum Gasteiger partial charge on any atom is -0.316 e. The van der Waals surface area contributed by atoms with Gasteiger partial charge in [-0.1, -0.05) is 11.6 Å². The van der Waals surface area contributed by atoms with E-state index in [2.05, 4.69) is 9.97 Å². The zero-order valence-corrected chi connectivity index (χ0v) is 11.5. The zero-order chi connectivity index (χ0) is 14.3. The van der Waals surface area contributed by atoms with Crippen LogP contribution in [0.4, 0.5) is 0 Å². The van der Waals surface area contributed by atoms with Crippen LogP contribution in [0.25, 0.3) is 11.0 Å². The topological polar surface area (TPSA) is 82.8 Å². The van der Waals surface area contributed by atoms with E-state index in [1.54, 1.807) is 23.6 Å². The van der Waals surface area contributed by atoms with Crippen LogP contribution in [0, 0.1) is 0 Å². The van der Waals surface area contributed by atoms with Crippen molar-refractivity contribution < 1.29 is 4.79 Å². The van der Waals surface area contributed by atoms with E-state index in [0.29, 0.717) is 26.5 Å². The van der Waals surface area contributed by atoms with E-state index in [1.165, 1.54) is 17.4 Å². The third-order valence-electron chi connectivity index (χ3n) is 2.81. The second-order valence-corrected chi connectivity index (χ2v) is 5.42. The van der Waals surface area contributed by atoms with Crippen molar-refractivity contribution in [1.82, 2.24) is 9.97 Å². The van der Waals surface area contributed by atoms with Crippen molar-refractivity contribution in [3.05, 3.63) is 65.8 Å². The Morgan fingerprint density at radius 1 is 1.05 bits per heavy atom. The van der Waals surface area contributed by atoms with Crippen LogP contribution in [0.1, 0.15) is 15.2 Å². The van der Waals surface area contributed by atoms with Crippen molar-refractivity contribution in [2.45, 2.75) is 0 Å². The molecule has 0 spiro atoms. The first-order valence-electron chi connectivity index (χ1n) is 5.60. The van der Waals surface area contributed by atoms with E-state index >= 15 is 0 Å². The van der Waals surface area contributed by atoms with Crippen molar-refractivity contribution in [2.24, 2.45) is 0 Å². The first kappa shape index (κ1) is 12.8. The van der Waals surface area contributed by atoms with Crippen molar-refractivity contribution in [3.8, 4) is 0 Å². The fraction of sp³-hybridized carbons (Fsp3) is 0. The fourth-order valence-corrected chi connectivity index (χ4v) is 2.95. The third-order valence-corrected chi connectivity index (χ3v) is 4.15. The number of nitrogens with one attached hydrogen (secondary N) is 2. The van der Waals surface area contributed by atoms with Crippen LogP contribution in [0.5, 0.6) is 0 Å². The van der Waals surface area contributed by atoms with Gasteiger partial charge in [-0.2, -0.15) is 0 Å². The molecule has 0 saturated heterocycles. The molecule has 2 N–H and O–H groups in total. The predicted molar refractivity (Wildman–Crippen MR) is 78.0 cm³/mol. The maximum Gasteiger partial charge on any atom is 0.314 e. The van der Waals surface area contributed by atoms with Gasteiger partial charge < -0.3 is 9.97 Å².